The van der Waals surface area contributed by atoms with E-state index in [1.54, 1.807) is 0 Å². The van der Waals surface area contributed by atoms with Gasteiger partial charge in [-0.1, -0.05) is 33.6 Å². The largest absolute Gasteiger partial charge is 0.380 e. The maximum atomic E-state index is 5.73. The van der Waals surface area contributed by atoms with Crippen molar-refractivity contribution in [3.8, 4) is 0 Å². The zero-order valence-electron chi connectivity index (χ0n) is 13.5. The van der Waals surface area contributed by atoms with Crippen LogP contribution in [-0.4, -0.2) is 49.8 Å². The molecule has 0 aromatic heterocycles. The van der Waals surface area contributed by atoms with Crippen LogP contribution in [0.3, 0.4) is 0 Å². The average Bonchev–Trinajstić information content (AvgIpc) is 2.60. The first-order chi connectivity index (χ1) is 9.19. The lowest BCUT2D eigenvalue weighted by Crippen LogP contribution is -2.44. The molecule has 114 valence electrons. The average molecular weight is 270 g/mol. The molecule has 0 radical (unpaired) electrons. The summed E-state index contributed by atoms with van der Waals surface area (Å²) in [6.07, 6.45) is 4.92. The van der Waals surface area contributed by atoms with E-state index >= 15 is 0 Å². The molecule has 0 aliphatic carbocycles. The fourth-order valence-corrected chi connectivity index (χ4v) is 2.66. The molecule has 1 fully saturated rings. The third-order valence-electron chi connectivity index (χ3n) is 4.52. The van der Waals surface area contributed by atoms with E-state index in [4.69, 9.17) is 4.74 Å². The number of ether oxygens (including phenoxy) is 1. The van der Waals surface area contributed by atoms with E-state index in [0.29, 0.717) is 12.1 Å². The van der Waals surface area contributed by atoms with Gasteiger partial charge < -0.3 is 10.1 Å². The Balaban J connectivity index is 2.34. The minimum atomic E-state index is 0.644. The molecule has 3 atom stereocenters. The van der Waals surface area contributed by atoms with Crippen molar-refractivity contribution in [1.82, 2.24) is 10.2 Å². The summed E-state index contributed by atoms with van der Waals surface area (Å²) in [4.78, 5) is 2.61. The first kappa shape index (κ1) is 16.9. The molecule has 1 saturated heterocycles. The van der Waals surface area contributed by atoms with Crippen LogP contribution in [0.5, 0.6) is 0 Å². The van der Waals surface area contributed by atoms with Crippen molar-refractivity contribution in [2.45, 2.75) is 65.5 Å². The topological polar surface area (TPSA) is 24.5 Å². The summed E-state index contributed by atoms with van der Waals surface area (Å²) in [7, 11) is 0. The van der Waals surface area contributed by atoms with Gasteiger partial charge in [-0.25, -0.2) is 0 Å². The van der Waals surface area contributed by atoms with Crippen LogP contribution in [0.25, 0.3) is 0 Å². The molecule has 1 heterocycles. The van der Waals surface area contributed by atoms with Crippen LogP contribution in [0.2, 0.25) is 0 Å². The van der Waals surface area contributed by atoms with Gasteiger partial charge in [0.1, 0.15) is 0 Å². The second-order valence-electron chi connectivity index (χ2n) is 6.04. The Labute approximate surface area is 120 Å². The molecule has 0 aromatic rings. The number of rotatable bonds is 8. The van der Waals surface area contributed by atoms with E-state index in [0.717, 1.165) is 32.2 Å². The zero-order valence-corrected chi connectivity index (χ0v) is 13.5. The highest BCUT2D eigenvalue weighted by Gasteiger charge is 2.25. The Morgan fingerprint density at radius 2 is 2.11 bits per heavy atom. The van der Waals surface area contributed by atoms with Gasteiger partial charge in [-0.2, -0.15) is 0 Å². The van der Waals surface area contributed by atoms with Crippen LogP contribution in [-0.2, 0) is 4.74 Å². The van der Waals surface area contributed by atoms with Crippen molar-refractivity contribution in [2.24, 2.45) is 5.92 Å². The van der Waals surface area contributed by atoms with Gasteiger partial charge in [0.15, 0.2) is 0 Å². The van der Waals surface area contributed by atoms with Crippen LogP contribution >= 0.6 is 0 Å². The van der Waals surface area contributed by atoms with E-state index < -0.39 is 0 Å². The molecule has 19 heavy (non-hydrogen) atoms. The number of hydrogen-bond acceptors (Lipinski definition) is 3. The van der Waals surface area contributed by atoms with Crippen LogP contribution in [0.15, 0.2) is 0 Å². The minimum Gasteiger partial charge on any atom is -0.380 e. The lowest BCUT2D eigenvalue weighted by molar-refractivity contribution is 0.0844. The molecule has 1 aliphatic rings. The van der Waals surface area contributed by atoms with E-state index in [1.807, 2.05) is 0 Å². The maximum absolute atomic E-state index is 5.73. The smallest absolute Gasteiger partial charge is 0.0593 e. The Kier molecular flexibility index (Phi) is 8.67. The molecule has 0 amide bonds. The number of nitrogens with zero attached hydrogens (tertiary/aromatic N) is 1. The highest BCUT2D eigenvalue weighted by molar-refractivity contribution is 4.83. The van der Waals surface area contributed by atoms with Crippen LogP contribution in [0.4, 0.5) is 0 Å². The predicted molar refractivity (Wildman–Crippen MR) is 82.6 cm³/mol. The number of hydrogen-bond donors (Lipinski definition) is 1. The van der Waals surface area contributed by atoms with Crippen molar-refractivity contribution in [2.75, 3.05) is 32.8 Å². The summed E-state index contributed by atoms with van der Waals surface area (Å²) in [5.74, 6) is 0.758. The Bertz CT molecular complexity index is 223. The van der Waals surface area contributed by atoms with Gasteiger partial charge in [0.05, 0.1) is 6.61 Å². The van der Waals surface area contributed by atoms with E-state index in [-0.39, 0.29) is 0 Å². The monoisotopic (exact) mass is 270 g/mol. The molecule has 3 heteroatoms. The summed E-state index contributed by atoms with van der Waals surface area (Å²) < 4.78 is 5.73. The summed E-state index contributed by atoms with van der Waals surface area (Å²) >= 11 is 0. The molecule has 0 saturated carbocycles. The molecular weight excluding hydrogens is 236 g/mol. The molecule has 0 aromatic carbocycles. The predicted octanol–water partition coefficient (Wildman–Crippen LogP) is 2.90. The van der Waals surface area contributed by atoms with Crippen molar-refractivity contribution in [3.63, 3.8) is 0 Å². The molecule has 1 rings (SSSR count). The summed E-state index contributed by atoms with van der Waals surface area (Å²) in [5.41, 5.74) is 0. The molecule has 0 spiro atoms. The molecule has 3 unspecified atom stereocenters. The van der Waals surface area contributed by atoms with Gasteiger partial charge in [-0.15, -0.1) is 0 Å². The Hall–Kier alpha value is -0.120. The third kappa shape index (κ3) is 6.24. The van der Waals surface area contributed by atoms with Crippen molar-refractivity contribution in [3.05, 3.63) is 0 Å². The minimum absolute atomic E-state index is 0.644. The maximum Gasteiger partial charge on any atom is 0.0593 e. The molecule has 1 N–H and O–H groups in total. The fraction of sp³-hybridized carbons (Fsp3) is 1.00. The first-order valence-corrected chi connectivity index (χ1v) is 8.24. The highest BCUT2D eigenvalue weighted by Crippen LogP contribution is 2.15. The van der Waals surface area contributed by atoms with Gasteiger partial charge in [0.25, 0.3) is 0 Å². The fourth-order valence-electron chi connectivity index (χ4n) is 2.66. The van der Waals surface area contributed by atoms with E-state index in [9.17, 15) is 0 Å². The Morgan fingerprint density at radius 3 is 2.79 bits per heavy atom. The molecular formula is C16H34N2O. The lowest BCUT2D eigenvalue weighted by atomic mass is 9.99. The quantitative estimate of drug-likeness (QED) is 0.686. The lowest BCUT2D eigenvalue weighted by Gasteiger charge is -2.31. The number of unbranched alkanes of at least 4 members (excludes halogenated alkanes) is 1. The molecule has 0 bridgehead atoms. The SMILES string of the molecule is CCCCOCCN1CC(C(C)CC)NCCC1C. The first-order valence-electron chi connectivity index (χ1n) is 8.24. The Morgan fingerprint density at radius 1 is 1.32 bits per heavy atom. The summed E-state index contributed by atoms with van der Waals surface area (Å²) in [6.45, 7) is 14.4. The van der Waals surface area contributed by atoms with Gasteiger partial charge >= 0.3 is 0 Å². The molecule has 1 aliphatic heterocycles. The van der Waals surface area contributed by atoms with Crippen LogP contribution in [0, 0.1) is 5.92 Å². The summed E-state index contributed by atoms with van der Waals surface area (Å²) in [5, 5.41) is 3.72. The molecule has 3 nitrogen and oxygen atoms in total. The standard InChI is InChI=1S/C16H34N2O/c1-5-7-11-19-12-10-18-13-16(14(3)6-2)17-9-8-15(18)4/h14-17H,5-13H2,1-4H3. The van der Waals surface area contributed by atoms with Gasteiger partial charge in [-0.05, 0) is 32.2 Å². The van der Waals surface area contributed by atoms with E-state index in [1.165, 1.54) is 32.2 Å². The van der Waals surface area contributed by atoms with Crippen molar-refractivity contribution < 1.29 is 4.74 Å². The third-order valence-corrected chi connectivity index (χ3v) is 4.52. The zero-order chi connectivity index (χ0) is 14.1. The van der Waals surface area contributed by atoms with Gasteiger partial charge in [0, 0.05) is 31.8 Å². The van der Waals surface area contributed by atoms with Crippen molar-refractivity contribution >= 4 is 0 Å². The van der Waals surface area contributed by atoms with Crippen LogP contribution in [0.1, 0.15) is 53.4 Å². The van der Waals surface area contributed by atoms with Crippen LogP contribution < -0.4 is 5.32 Å². The number of nitrogens with one attached hydrogen (secondary N) is 1. The normalized spacial score (nSPS) is 27.2. The second kappa shape index (κ2) is 9.73. The second-order valence-corrected chi connectivity index (χ2v) is 6.04. The van der Waals surface area contributed by atoms with Gasteiger partial charge in [0.2, 0.25) is 0 Å². The van der Waals surface area contributed by atoms with E-state index in [2.05, 4.69) is 37.9 Å². The summed E-state index contributed by atoms with van der Waals surface area (Å²) in [6, 6.07) is 1.32. The van der Waals surface area contributed by atoms with Gasteiger partial charge in [-0.3, -0.25) is 4.90 Å². The highest BCUT2D eigenvalue weighted by atomic mass is 16.5. The van der Waals surface area contributed by atoms with Crippen molar-refractivity contribution in [1.29, 1.82) is 0 Å².